The summed E-state index contributed by atoms with van der Waals surface area (Å²) in [7, 11) is 4.34. The maximum absolute atomic E-state index is 2.36. The number of anilines is 1. The molecular weight excluding hydrogens is 160 g/mol. The summed E-state index contributed by atoms with van der Waals surface area (Å²) >= 11 is 0. The van der Waals surface area contributed by atoms with Crippen LogP contribution in [0.25, 0.3) is 0 Å². The van der Waals surface area contributed by atoms with E-state index >= 15 is 0 Å². The Labute approximate surface area is 79.8 Å². The van der Waals surface area contributed by atoms with Gasteiger partial charge in [-0.2, -0.15) is 0 Å². The summed E-state index contributed by atoms with van der Waals surface area (Å²) in [4.78, 5) is 4.70. The number of hydrogen-bond acceptors (Lipinski definition) is 2. The van der Waals surface area contributed by atoms with E-state index in [2.05, 4.69) is 48.2 Å². The topological polar surface area (TPSA) is 6.48 Å². The van der Waals surface area contributed by atoms with Crippen molar-refractivity contribution in [1.82, 2.24) is 4.90 Å². The molecule has 0 saturated heterocycles. The van der Waals surface area contributed by atoms with Crippen LogP contribution in [0.1, 0.15) is 5.56 Å². The van der Waals surface area contributed by atoms with E-state index in [1.807, 2.05) is 0 Å². The molecule has 0 atom stereocenters. The fourth-order valence-electron chi connectivity index (χ4n) is 1.83. The second-order valence-electron chi connectivity index (χ2n) is 3.79. The Morgan fingerprint density at radius 2 is 1.85 bits per heavy atom. The van der Waals surface area contributed by atoms with Gasteiger partial charge in [0.25, 0.3) is 0 Å². The van der Waals surface area contributed by atoms with Crippen LogP contribution in [0.4, 0.5) is 5.69 Å². The van der Waals surface area contributed by atoms with E-state index in [-0.39, 0.29) is 0 Å². The van der Waals surface area contributed by atoms with Crippen molar-refractivity contribution in [2.45, 2.75) is 6.54 Å². The molecule has 0 spiro atoms. The first kappa shape index (κ1) is 8.57. The number of hydrogen-bond donors (Lipinski definition) is 0. The Bertz CT molecular complexity index is 296. The van der Waals surface area contributed by atoms with Crippen LogP contribution in [-0.2, 0) is 6.54 Å². The van der Waals surface area contributed by atoms with E-state index in [0.717, 1.165) is 19.6 Å². The smallest absolute Gasteiger partial charge is 0.0409 e. The van der Waals surface area contributed by atoms with Crippen molar-refractivity contribution in [1.29, 1.82) is 0 Å². The molecule has 0 unspecified atom stereocenters. The summed E-state index contributed by atoms with van der Waals surface area (Å²) in [5.74, 6) is 0. The van der Waals surface area contributed by atoms with Gasteiger partial charge in [-0.1, -0.05) is 18.2 Å². The normalized spacial score (nSPS) is 18.2. The highest BCUT2D eigenvalue weighted by atomic mass is 15.2. The molecule has 1 aliphatic heterocycles. The largest absolute Gasteiger partial charge is 0.373 e. The van der Waals surface area contributed by atoms with Crippen LogP contribution in [-0.4, -0.2) is 32.1 Å². The van der Waals surface area contributed by atoms with Gasteiger partial charge in [-0.25, -0.2) is 0 Å². The predicted molar refractivity (Wildman–Crippen MR) is 56.0 cm³/mol. The molecule has 0 radical (unpaired) electrons. The highest BCUT2D eigenvalue weighted by molar-refractivity contribution is 5.53. The molecule has 2 rings (SSSR count). The van der Waals surface area contributed by atoms with Gasteiger partial charge in [-0.3, -0.25) is 0 Å². The molecule has 0 aliphatic carbocycles. The minimum Gasteiger partial charge on any atom is -0.373 e. The zero-order valence-electron chi connectivity index (χ0n) is 8.33. The average molecular weight is 176 g/mol. The minimum atomic E-state index is 1.07. The van der Waals surface area contributed by atoms with E-state index in [4.69, 9.17) is 0 Å². The van der Waals surface area contributed by atoms with Gasteiger partial charge in [-0.15, -0.1) is 0 Å². The van der Waals surface area contributed by atoms with Crippen molar-refractivity contribution in [2.75, 3.05) is 32.1 Å². The Hall–Kier alpha value is -1.02. The maximum atomic E-state index is 2.36. The van der Waals surface area contributed by atoms with Crippen molar-refractivity contribution in [3.63, 3.8) is 0 Å². The minimum absolute atomic E-state index is 1.07. The second kappa shape index (κ2) is 3.38. The van der Waals surface area contributed by atoms with Crippen molar-refractivity contribution >= 4 is 5.69 Å². The molecule has 0 bridgehead atoms. The molecule has 70 valence electrons. The van der Waals surface area contributed by atoms with Crippen LogP contribution in [0.2, 0.25) is 0 Å². The van der Waals surface area contributed by atoms with Crippen molar-refractivity contribution in [2.24, 2.45) is 0 Å². The molecule has 1 aromatic rings. The molecule has 1 aliphatic rings. The zero-order valence-corrected chi connectivity index (χ0v) is 8.33. The maximum Gasteiger partial charge on any atom is 0.0409 e. The van der Waals surface area contributed by atoms with Gasteiger partial charge in [0.15, 0.2) is 0 Å². The lowest BCUT2D eigenvalue weighted by Gasteiger charge is -2.18. The molecule has 0 saturated carbocycles. The highest BCUT2D eigenvalue weighted by Crippen LogP contribution is 2.22. The molecule has 0 N–H and O–H groups in total. The fourth-order valence-corrected chi connectivity index (χ4v) is 1.83. The van der Waals surface area contributed by atoms with Crippen LogP contribution < -0.4 is 4.90 Å². The fraction of sp³-hybridized carbons (Fsp3) is 0.455. The van der Waals surface area contributed by atoms with Crippen LogP contribution >= 0.6 is 0 Å². The third-order valence-corrected chi connectivity index (χ3v) is 2.66. The summed E-state index contributed by atoms with van der Waals surface area (Å²) in [5.41, 5.74) is 2.82. The summed E-state index contributed by atoms with van der Waals surface area (Å²) < 4.78 is 0. The molecule has 0 amide bonds. The summed E-state index contributed by atoms with van der Waals surface area (Å²) in [6, 6.07) is 8.65. The number of para-hydroxylation sites is 1. The van der Waals surface area contributed by atoms with Gasteiger partial charge in [0.2, 0.25) is 0 Å². The Morgan fingerprint density at radius 1 is 1.08 bits per heavy atom. The third-order valence-electron chi connectivity index (χ3n) is 2.66. The highest BCUT2D eigenvalue weighted by Gasteiger charge is 2.13. The quantitative estimate of drug-likeness (QED) is 0.592. The number of rotatable bonds is 0. The van der Waals surface area contributed by atoms with E-state index in [1.165, 1.54) is 11.3 Å². The molecule has 0 fully saturated rings. The van der Waals surface area contributed by atoms with Gasteiger partial charge >= 0.3 is 0 Å². The SMILES string of the molecule is CN1CCN(C)c2ccccc2C1. The van der Waals surface area contributed by atoms with Crippen LogP contribution in [0.15, 0.2) is 24.3 Å². The summed E-state index contributed by atoms with van der Waals surface area (Å²) in [6.45, 7) is 3.33. The van der Waals surface area contributed by atoms with Crippen molar-refractivity contribution in [3.8, 4) is 0 Å². The molecule has 2 heteroatoms. The molecule has 13 heavy (non-hydrogen) atoms. The second-order valence-corrected chi connectivity index (χ2v) is 3.79. The molecule has 2 nitrogen and oxygen atoms in total. The summed E-state index contributed by atoms with van der Waals surface area (Å²) in [6.07, 6.45) is 0. The Balaban J connectivity index is 2.38. The van der Waals surface area contributed by atoms with E-state index in [0.29, 0.717) is 0 Å². The summed E-state index contributed by atoms with van der Waals surface area (Å²) in [5, 5.41) is 0. The van der Waals surface area contributed by atoms with Gasteiger partial charge in [-0.05, 0) is 18.7 Å². The number of likely N-dealkylation sites (N-methyl/N-ethyl adjacent to an activating group) is 2. The van der Waals surface area contributed by atoms with Crippen LogP contribution in [0.3, 0.4) is 0 Å². The standard InChI is InChI=1S/C11H16N2/c1-12-7-8-13(2)11-6-4-3-5-10(11)9-12/h3-6H,7-9H2,1-2H3. The van der Waals surface area contributed by atoms with Gasteiger partial charge in [0, 0.05) is 32.4 Å². The van der Waals surface area contributed by atoms with Crippen LogP contribution in [0.5, 0.6) is 0 Å². The first-order valence-electron chi connectivity index (χ1n) is 4.75. The molecule has 1 aromatic carbocycles. The van der Waals surface area contributed by atoms with Crippen molar-refractivity contribution in [3.05, 3.63) is 29.8 Å². The Morgan fingerprint density at radius 3 is 2.69 bits per heavy atom. The number of benzene rings is 1. The lowest BCUT2D eigenvalue weighted by atomic mass is 10.1. The zero-order chi connectivity index (χ0) is 9.26. The predicted octanol–water partition coefficient (Wildman–Crippen LogP) is 1.57. The average Bonchev–Trinajstić information content (AvgIpc) is 2.27. The number of fused-ring (bicyclic) bond motifs is 1. The van der Waals surface area contributed by atoms with Crippen LogP contribution in [0, 0.1) is 0 Å². The first-order chi connectivity index (χ1) is 6.27. The van der Waals surface area contributed by atoms with E-state index in [9.17, 15) is 0 Å². The monoisotopic (exact) mass is 176 g/mol. The van der Waals surface area contributed by atoms with Gasteiger partial charge < -0.3 is 9.80 Å². The third kappa shape index (κ3) is 1.68. The molecule has 1 heterocycles. The molecular formula is C11H16N2. The van der Waals surface area contributed by atoms with Gasteiger partial charge in [0.05, 0.1) is 0 Å². The Kier molecular flexibility index (Phi) is 2.23. The van der Waals surface area contributed by atoms with E-state index in [1.54, 1.807) is 0 Å². The van der Waals surface area contributed by atoms with Gasteiger partial charge in [0.1, 0.15) is 0 Å². The lowest BCUT2D eigenvalue weighted by Crippen LogP contribution is -2.26. The molecule has 0 aromatic heterocycles. The lowest BCUT2D eigenvalue weighted by molar-refractivity contribution is 0.342. The number of nitrogens with zero attached hydrogens (tertiary/aromatic N) is 2. The van der Waals surface area contributed by atoms with Crippen molar-refractivity contribution < 1.29 is 0 Å². The van der Waals surface area contributed by atoms with E-state index < -0.39 is 0 Å². The first-order valence-corrected chi connectivity index (χ1v) is 4.75.